The smallest absolute Gasteiger partial charge is 0.459 e. The second-order valence-corrected chi connectivity index (χ2v) is 4.83. The van der Waals surface area contributed by atoms with E-state index in [9.17, 15) is 36.9 Å². The predicted octanol–water partition coefficient (Wildman–Crippen LogP) is 2.16. The lowest BCUT2D eigenvalue weighted by atomic mass is 9.99. The van der Waals surface area contributed by atoms with Gasteiger partial charge in [0.25, 0.3) is 0 Å². The van der Waals surface area contributed by atoms with Gasteiger partial charge in [0.1, 0.15) is 17.6 Å². The van der Waals surface area contributed by atoms with E-state index in [-0.39, 0.29) is 19.2 Å². The number of nitro groups is 1. The molecule has 0 saturated carbocycles. The van der Waals surface area contributed by atoms with Crippen molar-refractivity contribution in [1.29, 1.82) is 0 Å². The minimum absolute atomic E-state index is 0.239. The first-order valence-corrected chi connectivity index (χ1v) is 6.02. The number of rotatable bonds is 4. The molecule has 1 aromatic rings. The van der Waals surface area contributed by atoms with Crippen molar-refractivity contribution in [2.24, 2.45) is 5.92 Å². The van der Waals surface area contributed by atoms with Crippen LogP contribution in [0.25, 0.3) is 0 Å². The normalized spacial score (nSPS) is 16.1. The molecule has 0 aliphatic carbocycles. The highest BCUT2D eigenvalue weighted by molar-refractivity contribution is 5.76. The van der Waals surface area contributed by atoms with Gasteiger partial charge in [-0.2, -0.15) is 22.0 Å². The third-order valence-electron chi connectivity index (χ3n) is 3.31. The Morgan fingerprint density at radius 1 is 1.35 bits per heavy atom. The van der Waals surface area contributed by atoms with Crippen molar-refractivity contribution in [2.45, 2.75) is 12.1 Å². The molecular weight excluding hydrogens is 333 g/mol. The molecule has 7 nitrogen and oxygen atoms in total. The maximum absolute atomic E-state index is 13.3. The van der Waals surface area contributed by atoms with E-state index < -0.39 is 46.0 Å². The molecule has 1 aliphatic heterocycles. The van der Waals surface area contributed by atoms with Crippen molar-refractivity contribution in [1.82, 2.24) is 4.98 Å². The van der Waals surface area contributed by atoms with Crippen LogP contribution < -0.4 is 4.90 Å². The molecule has 1 aromatic heterocycles. The Kier molecular flexibility index (Phi) is 3.86. The lowest BCUT2D eigenvalue weighted by Gasteiger charge is -2.38. The number of hydrogen-bond acceptors (Lipinski definition) is 5. The SMILES string of the molecule is O=C(O)C1CN(c2cc(C(F)(F)C(F)(F)F)ncc2[N+](=O)[O-])C1. The zero-order valence-corrected chi connectivity index (χ0v) is 11.0. The van der Waals surface area contributed by atoms with Crippen LogP contribution in [0.4, 0.5) is 33.3 Å². The topological polar surface area (TPSA) is 96.6 Å². The lowest BCUT2D eigenvalue weighted by Crippen LogP contribution is -2.50. The highest BCUT2D eigenvalue weighted by atomic mass is 19.4. The van der Waals surface area contributed by atoms with Gasteiger partial charge < -0.3 is 10.0 Å². The van der Waals surface area contributed by atoms with Crippen molar-refractivity contribution in [3.8, 4) is 0 Å². The standard InChI is InChI=1S/C11H8F5N3O4/c12-10(13,11(14,15)16)8-1-6(7(2-17-8)19(22)23)18-3-5(4-18)9(20)21/h1-2,5H,3-4H2,(H,20,21). The quantitative estimate of drug-likeness (QED) is 0.512. The number of carbonyl (C=O) groups is 1. The summed E-state index contributed by atoms with van der Waals surface area (Å²) in [6.45, 7) is -0.478. The Morgan fingerprint density at radius 3 is 2.35 bits per heavy atom. The van der Waals surface area contributed by atoms with Gasteiger partial charge in [0.2, 0.25) is 0 Å². The van der Waals surface area contributed by atoms with Crippen LogP contribution in [-0.4, -0.2) is 40.2 Å². The zero-order valence-electron chi connectivity index (χ0n) is 11.0. The Hall–Kier alpha value is -2.53. The molecule has 126 valence electrons. The van der Waals surface area contributed by atoms with Crippen LogP contribution in [0.2, 0.25) is 0 Å². The summed E-state index contributed by atoms with van der Waals surface area (Å²) in [6, 6.07) is 0.268. The van der Waals surface area contributed by atoms with Gasteiger partial charge in [0.05, 0.1) is 10.8 Å². The second-order valence-electron chi connectivity index (χ2n) is 4.83. The number of hydrogen-bond donors (Lipinski definition) is 1. The predicted molar refractivity (Wildman–Crippen MR) is 64.2 cm³/mol. The first-order valence-electron chi connectivity index (χ1n) is 6.02. The zero-order chi connectivity index (χ0) is 17.6. The molecule has 0 spiro atoms. The summed E-state index contributed by atoms with van der Waals surface area (Å²) in [5.41, 5.74) is -3.00. The average molecular weight is 341 g/mol. The molecule has 0 aromatic carbocycles. The van der Waals surface area contributed by atoms with Gasteiger partial charge in [-0.1, -0.05) is 0 Å². The second kappa shape index (κ2) is 5.28. The average Bonchev–Trinajstić information content (AvgIpc) is 2.34. The third-order valence-corrected chi connectivity index (χ3v) is 3.31. The molecule has 1 aliphatic rings. The molecule has 1 fully saturated rings. The number of aliphatic carboxylic acids is 1. The van der Waals surface area contributed by atoms with Crippen LogP contribution in [0.3, 0.4) is 0 Å². The summed E-state index contributed by atoms with van der Waals surface area (Å²) in [5.74, 6) is -7.36. The fourth-order valence-corrected chi connectivity index (χ4v) is 1.98. The van der Waals surface area contributed by atoms with Crippen molar-refractivity contribution < 1.29 is 36.8 Å². The Balaban J connectivity index is 2.42. The summed E-state index contributed by atoms with van der Waals surface area (Å²) in [5, 5.41) is 19.6. The highest BCUT2D eigenvalue weighted by Gasteiger charge is 2.60. The van der Waals surface area contributed by atoms with Crippen molar-refractivity contribution in [3.05, 3.63) is 28.1 Å². The van der Waals surface area contributed by atoms with Crippen LogP contribution in [0.5, 0.6) is 0 Å². The van der Waals surface area contributed by atoms with E-state index in [2.05, 4.69) is 4.98 Å². The molecular formula is C11H8F5N3O4. The van der Waals surface area contributed by atoms with E-state index in [0.29, 0.717) is 6.20 Å². The molecule has 0 atom stereocenters. The number of alkyl halides is 5. The summed E-state index contributed by atoms with van der Waals surface area (Å²) < 4.78 is 63.7. The molecule has 0 unspecified atom stereocenters. The maximum Gasteiger partial charge on any atom is 0.459 e. The van der Waals surface area contributed by atoms with Gasteiger partial charge in [-0.05, 0) is 6.07 Å². The Labute approximate surface area is 124 Å². The van der Waals surface area contributed by atoms with Gasteiger partial charge in [-0.15, -0.1) is 0 Å². The minimum Gasteiger partial charge on any atom is -0.481 e. The molecule has 2 heterocycles. The minimum atomic E-state index is -5.91. The fraction of sp³-hybridized carbons (Fsp3) is 0.455. The molecule has 23 heavy (non-hydrogen) atoms. The third kappa shape index (κ3) is 2.87. The monoisotopic (exact) mass is 341 g/mol. The van der Waals surface area contributed by atoms with Crippen LogP contribution >= 0.6 is 0 Å². The number of carboxylic acids is 1. The lowest BCUT2D eigenvalue weighted by molar-refractivity contribution is -0.384. The number of carboxylic acid groups (broad SMARTS) is 1. The molecule has 1 saturated heterocycles. The number of aromatic nitrogens is 1. The van der Waals surface area contributed by atoms with E-state index in [1.54, 1.807) is 0 Å². The largest absolute Gasteiger partial charge is 0.481 e. The molecule has 0 amide bonds. The molecule has 0 radical (unpaired) electrons. The number of halogens is 5. The van der Waals surface area contributed by atoms with Crippen LogP contribution in [0.1, 0.15) is 5.69 Å². The summed E-state index contributed by atoms with van der Waals surface area (Å²) >= 11 is 0. The Morgan fingerprint density at radius 2 is 1.91 bits per heavy atom. The van der Waals surface area contributed by atoms with E-state index >= 15 is 0 Å². The molecule has 1 N–H and O–H groups in total. The maximum atomic E-state index is 13.3. The summed E-state index contributed by atoms with van der Waals surface area (Å²) in [4.78, 5) is 24.4. The number of nitrogens with zero attached hydrogens (tertiary/aromatic N) is 3. The molecule has 2 rings (SSSR count). The number of pyridine rings is 1. The highest BCUT2D eigenvalue weighted by Crippen LogP contribution is 2.45. The van der Waals surface area contributed by atoms with E-state index in [4.69, 9.17) is 5.11 Å². The first-order chi connectivity index (χ1) is 10.4. The first kappa shape index (κ1) is 16.8. The van der Waals surface area contributed by atoms with Gasteiger partial charge in [0, 0.05) is 13.1 Å². The molecule has 12 heteroatoms. The fourth-order valence-electron chi connectivity index (χ4n) is 1.98. The summed E-state index contributed by atoms with van der Waals surface area (Å²) in [7, 11) is 0. The van der Waals surface area contributed by atoms with Crippen LogP contribution in [0, 0.1) is 16.0 Å². The van der Waals surface area contributed by atoms with Gasteiger partial charge in [0.15, 0.2) is 0 Å². The van der Waals surface area contributed by atoms with Crippen molar-refractivity contribution in [2.75, 3.05) is 18.0 Å². The van der Waals surface area contributed by atoms with Crippen LogP contribution in [-0.2, 0) is 10.7 Å². The van der Waals surface area contributed by atoms with E-state index in [1.807, 2.05) is 0 Å². The van der Waals surface area contributed by atoms with Gasteiger partial charge in [-0.3, -0.25) is 14.9 Å². The van der Waals surface area contributed by atoms with Crippen LogP contribution in [0.15, 0.2) is 12.3 Å². The Bertz CT molecular complexity index is 658. The van der Waals surface area contributed by atoms with Gasteiger partial charge >= 0.3 is 23.8 Å². The van der Waals surface area contributed by atoms with Gasteiger partial charge in [-0.25, -0.2) is 4.98 Å². The van der Waals surface area contributed by atoms with E-state index in [0.717, 1.165) is 4.90 Å². The summed E-state index contributed by atoms with van der Waals surface area (Å²) in [6.07, 6.45) is -5.61. The number of anilines is 1. The molecule has 0 bridgehead atoms. The van der Waals surface area contributed by atoms with E-state index in [1.165, 1.54) is 0 Å². The van der Waals surface area contributed by atoms with Crippen molar-refractivity contribution >= 4 is 17.3 Å². The van der Waals surface area contributed by atoms with Crippen molar-refractivity contribution in [3.63, 3.8) is 0 Å².